The highest BCUT2D eigenvalue weighted by molar-refractivity contribution is 9.10. The molecule has 1 aliphatic heterocycles. The van der Waals surface area contributed by atoms with Crippen LogP contribution in [0.4, 0.5) is 4.79 Å². The molecule has 0 atom stereocenters. The fourth-order valence-electron chi connectivity index (χ4n) is 3.54. The number of hydrogen-bond donors (Lipinski definition) is 1. The summed E-state index contributed by atoms with van der Waals surface area (Å²) < 4.78 is 0.839. The van der Waals surface area contributed by atoms with Crippen LogP contribution in [0.1, 0.15) is 68.6 Å². The van der Waals surface area contributed by atoms with Gasteiger partial charge in [0.25, 0.3) is 11.1 Å². The second-order valence-corrected chi connectivity index (χ2v) is 12.1. The van der Waals surface area contributed by atoms with E-state index in [1.165, 1.54) is 0 Å². The maximum atomic E-state index is 13.0. The molecule has 2 aromatic rings. The molecule has 0 radical (unpaired) electrons. The van der Waals surface area contributed by atoms with Gasteiger partial charge in [0.2, 0.25) is 0 Å². The molecule has 2 aromatic carbocycles. The summed E-state index contributed by atoms with van der Waals surface area (Å²) in [6, 6.07) is 10.5. The quantitative estimate of drug-likeness (QED) is 0.353. The third-order valence-electron chi connectivity index (χ3n) is 5.39. The van der Waals surface area contributed by atoms with Crippen molar-refractivity contribution in [2.75, 3.05) is 6.54 Å². The van der Waals surface area contributed by atoms with Crippen molar-refractivity contribution in [2.45, 2.75) is 52.4 Å². The summed E-state index contributed by atoms with van der Waals surface area (Å²) in [7, 11) is 0. The number of carbonyl (C=O) groups excluding carboxylic acids is 3. The second-order valence-electron chi connectivity index (χ2n) is 10.2. The first kappa shape index (κ1) is 25.2. The first-order valence-corrected chi connectivity index (χ1v) is 12.2. The number of phenolic OH excluding ortho intramolecular Hbond substituents is 1. The number of thioether (sulfide) groups is 1. The van der Waals surface area contributed by atoms with Crippen LogP contribution in [0.25, 0.3) is 6.08 Å². The van der Waals surface area contributed by atoms with Crippen molar-refractivity contribution < 1.29 is 19.5 Å². The van der Waals surface area contributed by atoms with Crippen molar-refractivity contribution in [3.63, 3.8) is 0 Å². The fourth-order valence-corrected chi connectivity index (χ4v) is 4.64. The van der Waals surface area contributed by atoms with Crippen LogP contribution in [-0.4, -0.2) is 33.5 Å². The Labute approximate surface area is 207 Å². The lowest BCUT2D eigenvalue weighted by molar-refractivity contribution is -0.122. The summed E-state index contributed by atoms with van der Waals surface area (Å²) in [5.41, 5.74) is 2.07. The lowest BCUT2D eigenvalue weighted by atomic mass is 9.78. The van der Waals surface area contributed by atoms with Crippen LogP contribution < -0.4 is 0 Å². The molecule has 1 fully saturated rings. The molecule has 1 heterocycles. The molecule has 0 bridgehead atoms. The van der Waals surface area contributed by atoms with E-state index in [-0.39, 0.29) is 33.8 Å². The number of Topliss-reactive ketones (excluding diaryl/α,β-unsaturated/α-hetero) is 1. The molecule has 2 amide bonds. The van der Waals surface area contributed by atoms with E-state index < -0.39 is 11.1 Å². The van der Waals surface area contributed by atoms with Gasteiger partial charge < -0.3 is 5.11 Å². The predicted molar refractivity (Wildman–Crippen MR) is 137 cm³/mol. The number of nitrogens with zero attached hydrogens (tertiary/aromatic N) is 1. The maximum Gasteiger partial charge on any atom is 0.293 e. The van der Waals surface area contributed by atoms with Gasteiger partial charge in [0.05, 0.1) is 11.4 Å². The predicted octanol–water partition coefficient (Wildman–Crippen LogP) is 6.67. The summed E-state index contributed by atoms with van der Waals surface area (Å²) in [5.74, 6) is -0.542. The normalized spacial score (nSPS) is 16.1. The SMILES string of the molecule is CC(C)(C)c1cc(/C=C2\SC(=O)N(CC(=O)c3ccc(Br)cc3)C2=O)cc(C(C)(C)C)c1O. The Bertz CT molecular complexity index is 1120. The topological polar surface area (TPSA) is 74.7 Å². The standard InChI is InChI=1S/C26H28BrNO4S/c1-25(2,3)18-11-15(12-19(22(18)30)26(4,5)6)13-21-23(31)28(24(32)33-21)14-20(29)16-7-9-17(27)10-8-16/h7-13,30H,14H2,1-6H3/b21-13-. The van der Waals surface area contributed by atoms with E-state index in [4.69, 9.17) is 0 Å². The second kappa shape index (κ2) is 9.11. The van der Waals surface area contributed by atoms with Gasteiger partial charge >= 0.3 is 0 Å². The minimum atomic E-state index is -0.488. The summed E-state index contributed by atoms with van der Waals surface area (Å²) >= 11 is 4.15. The third-order valence-corrected chi connectivity index (χ3v) is 6.82. The molecule has 0 aromatic heterocycles. The van der Waals surface area contributed by atoms with Crippen molar-refractivity contribution in [1.82, 2.24) is 4.90 Å². The average molecular weight is 530 g/mol. The van der Waals surface area contributed by atoms with Gasteiger partial charge in [-0.05, 0) is 58.5 Å². The van der Waals surface area contributed by atoms with Gasteiger partial charge in [-0.15, -0.1) is 0 Å². The molecule has 7 heteroatoms. The number of ketones is 1. The first-order valence-electron chi connectivity index (χ1n) is 10.6. The highest BCUT2D eigenvalue weighted by Gasteiger charge is 2.36. The van der Waals surface area contributed by atoms with Crippen molar-refractivity contribution in [3.05, 3.63) is 68.0 Å². The van der Waals surface area contributed by atoms with Gasteiger partial charge in [0.15, 0.2) is 5.78 Å². The lowest BCUT2D eigenvalue weighted by Crippen LogP contribution is -2.33. The average Bonchev–Trinajstić information content (AvgIpc) is 2.95. The summed E-state index contributed by atoms with van der Waals surface area (Å²) in [4.78, 5) is 39.4. The molecule has 33 heavy (non-hydrogen) atoms. The van der Waals surface area contributed by atoms with Gasteiger partial charge in [-0.25, -0.2) is 0 Å². The molecule has 0 aliphatic carbocycles. The number of imide groups is 1. The molecule has 5 nitrogen and oxygen atoms in total. The Kier molecular flexibility index (Phi) is 6.97. The smallest absolute Gasteiger partial charge is 0.293 e. The number of aromatic hydroxyl groups is 1. The van der Waals surface area contributed by atoms with Crippen LogP contribution in [0.15, 0.2) is 45.8 Å². The van der Waals surface area contributed by atoms with E-state index in [9.17, 15) is 19.5 Å². The first-order chi connectivity index (χ1) is 15.2. The fraction of sp³-hybridized carbons (Fsp3) is 0.346. The van der Waals surface area contributed by atoms with Crippen LogP contribution in [0.3, 0.4) is 0 Å². The number of phenols is 1. The van der Waals surface area contributed by atoms with E-state index >= 15 is 0 Å². The number of halogens is 1. The largest absolute Gasteiger partial charge is 0.507 e. The van der Waals surface area contributed by atoms with Crippen LogP contribution in [-0.2, 0) is 15.6 Å². The van der Waals surface area contributed by atoms with Crippen LogP contribution >= 0.6 is 27.7 Å². The van der Waals surface area contributed by atoms with Crippen molar-refractivity contribution >= 4 is 50.7 Å². The number of rotatable bonds is 4. The van der Waals surface area contributed by atoms with E-state index in [2.05, 4.69) is 15.9 Å². The van der Waals surface area contributed by atoms with Gasteiger partial charge in [0, 0.05) is 21.2 Å². The minimum absolute atomic E-state index is 0.250. The molecule has 0 spiro atoms. The van der Waals surface area contributed by atoms with Crippen molar-refractivity contribution in [1.29, 1.82) is 0 Å². The molecule has 0 saturated carbocycles. The van der Waals surface area contributed by atoms with Gasteiger partial charge in [-0.1, -0.05) is 69.6 Å². The Morgan fingerprint density at radius 2 is 1.52 bits per heavy atom. The van der Waals surface area contributed by atoms with Crippen LogP contribution in [0.5, 0.6) is 5.75 Å². The molecule has 1 saturated heterocycles. The third kappa shape index (κ3) is 5.58. The molecule has 174 valence electrons. The Morgan fingerprint density at radius 3 is 2.00 bits per heavy atom. The zero-order chi connectivity index (χ0) is 24.7. The van der Waals surface area contributed by atoms with Crippen LogP contribution in [0.2, 0.25) is 0 Å². The number of benzene rings is 2. The van der Waals surface area contributed by atoms with E-state index in [0.717, 1.165) is 37.8 Å². The molecule has 0 unspecified atom stereocenters. The van der Waals surface area contributed by atoms with E-state index in [0.29, 0.717) is 5.56 Å². The highest BCUT2D eigenvalue weighted by Crippen LogP contribution is 2.41. The molecule has 3 rings (SSSR count). The Hall–Kier alpha value is -2.38. The van der Waals surface area contributed by atoms with Gasteiger partial charge in [-0.2, -0.15) is 0 Å². The summed E-state index contributed by atoms with van der Waals surface area (Å²) in [6.07, 6.45) is 1.67. The molecular formula is C26H28BrNO4S. The molecule has 1 N–H and O–H groups in total. The highest BCUT2D eigenvalue weighted by atomic mass is 79.9. The maximum absolute atomic E-state index is 13.0. The molecular weight excluding hydrogens is 502 g/mol. The van der Waals surface area contributed by atoms with E-state index in [1.54, 1.807) is 30.3 Å². The van der Waals surface area contributed by atoms with Gasteiger partial charge in [0.1, 0.15) is 5.75 Å². The Morgan fingerprint density at radius 1 is 1.00 bits per heavy atom. The lowest BCUT2D eigenvalue weighted by Gasteiger charge is -2.28. The summed E-state index contributed by atoms with van der Waals surface area (Å²) in [6.45, 7) is 11.8. The zero-order valence-corrected chi connectivity index (χ0v) is 22.1. The van der Waals surface area contributed by atoms with Gasteiger partial charge in [-0.3, -0.25) is 19.3 Å². The zero-order valence-electron chi connectivity index (χ0n) is 19.7. The minimum Gasteiger partial charge on any atom is -0.507 e. The number of amides is 2. The van der Waals surface area contributed by atoms with E-state index in [1.807, 2.05) is 53.7 Å². The van der Waals surface area contributed by atoms with Crippen LogP contribution in [0, 0.1) is 0 Å². The summed E-state index contributed by atoms with van der Waals surface area (Å²) in [5, 5.41) is 10.4. The number of carbonyl (C=O) groups is 3. The molecule has 1 aliphatic rings. The monoisotopic (exact) mass is 529 g/mol. The van der Waals surface area contributed by atoms with Crippen molar-refractivity contribution in [2.24, 2.45) is 0 Å². The number of hydrogen-bond acceptors (Lipinski definition) is 5. The Balaban J connectivity index is 1.94. The van der Waals surface area contributed by atoms with Crippen molar-refractivity contribution in [3.8, 4) is 5.75 Å².